The number of likely N-dealkylation sites (tertiary alicyclic amines) is 1. The summed E-state index contributed by atoms with van der Waals surface area (Å²) in [6.45, 7) is 1.72. The summed E-state index contributed by atoms with van der Waals surface area (Å²) < 4.78 is 0.927. The maximum Gasteiger partial charge on any atom is 0.323 e. The van der Waals surface area contributed by atoms with E-state index >= 15 is 0 Å². The first-order valence-corrected chi connectivity index (χ1v) is 6.54. The number of hydrogen-bond donors (Lipinski definition) is 1. The van der Waals surface area contributed by atoms with Gasteiger partial charge in [-0.1, -0.05) is 11.3 Å². The van der Waals surface area contributed by atoms with Crippen molar-refractivity contribution in [3.05, 3.63) is 9.98 Å². The minimum Gasteiger partial charge on any atom is -0.324 e. The van der Waals surface area contributed by atoms with Crippen LogP contribution in [0.2, 0.25) is 0 Å². The predicted molar refractivity (Wildman–Crippen MR) is 64.3 cm³/mol. The van der Waals surface area contributed by atoms with Gasteiger partial charge in [-0.2, -0.15) is 0 Å². The molecule has 1 aromatic rings. The van der Waals surface area contributed by atoms with Gasteiger partial charge in [-0.15, -0.1) is 0 Å². The molecule has 1 saturated heterocycles. The molecule has 2 amide bonds. The lowest BCUT2D eigenvalue weighted by Crippen LogP contribution is -2.38. The third-order valence-corrected chi connectivity index (χ3v) is 3.73. The van der Waals surface area contributed by atoms with Gasteiger partial charge in [-0.05, 0) is 35.2 Å². The quantitative estimate of drug-likeness (QED) is 0.864. The first kappa shape index (κ1) is 10.9. The van der Waals surface area contributed by atoms with Crippen molar-refractivity contribution in [2.75, 3.05) is 18.4 Å². The van der Waals surface area contributed by atoms with Gasteiger partial charge >= 0.3 is 6.03 Å². The van der Waals surface area contributed by atoms with Crippen molar-refractivity contribution in [1.29, 1.82) is 0 Å². The fourth-order valence-electron chi connectivity index (χ4n) is 1.58. The van der Waals surface area contributed by atoms with Crippen molar-refractivity contribution in [3.8, 4) is 0 Å². The van der Waals surface area contributed by atoms with Gasteiger partial charge in [-0.3, -0.25) is 5.32 Å². The SMILES string of the molecule is O=C(Nc1ncc(Br)s1)N1CCCCC1. The number of nitrogens with one attached hydrogen (secondary N) is 1. The number of halogens is 1. The van der Waals surface area contributed by atoms with Gasteiger partial charge < -0.3 is 4.90 Å². The van der Waals surface area contributed by atoms with Crippen LogP contribution in [0.15, 0.2) is 9.98 Å². The van der Waals surface area contributed by atoms with Crippen molar-refractivity contribution in [2.45, 2.75) is 19.3 Å². The van der Waals surface area contributed by atoms with E-state index < -0.39 is 0 Å². The van der Waals surface area contributed by atoms with E-state index in [1.54, 1.807) is 6.20 Å². The van der Waals surface area contributed by atoms with Gasteiger partial charge in [0, 0.05) is 13.1 Å². The van der Waals surface area contributed by atoms with Crippen molar-refractivity contribution in [1.82, 2.24) is 9.88 Å². The van der Waals surface area contributed by atoms with Gasteiger partial charge in [0.2, 0.25) is 0 Å². The second-order valence-corrected chi connectivity index (χ2v) is 5.86. The third-order valence-electron chi connectivity index (χ3n) is 2.33. The van der Waals surface area contributed by atoms with Crippen molar-refractivity contribution >= 4 is 38.4 Å². The number of urea groups is 1. The van der Waals surface area contributed by atoms with Crippen LogP contribution in [0.25, 0.3) is 0 Å². The molecule has 4 nitrogen and oxygen atoms in total. The molecule has 1 aromatic heterocycles. The Hall–Kier alpha value is -0.620. The third kappa shape index (κ3) is 2.92. The van der Waals surface area contributed by atoms with Gasteiger partial charge in [0.15, 0.2) is 5.13 Å². The Labute approximate surface area is 101 Å². The molecule has 6 heteroatoms. The average molecular weight is 290 g/mol. The first-order valence-electron chi connectivity index (χ1n) is 4.93. The van der Waals surface area contributed by atoms with E-state index in [1.165, 1.54) is 17.8 Å². The summed E-state index contributed by atoms with van der Waals surface area (Å²) in [5, 5.41) is 3.45. The standard InChI is InChI=1S/C9H12BrN3OS/c10-7-6-11-8(15-7)12-9(14)13-4-2-1-3-5-13/h6H,1-5H2,(H,11,12,14). The summed E-state index contributed by atoms with van der Waals surface area (Å²) in [6.07, 6.45) is 5.13. The molecule has 0 aromatic carbocycles. The number of anilines is 1. The van der Waals surface area contributed by atoms with E-state index in [-0.39, 0.29) is 6.03 Å². The Bertz CT molecular complexity index is 349. The Morgan fingerprint density at radius 3 is 2.80 bits per heavy atom. The zero-order valence-corrected chi connectivity index (χ0v) is 10.6. The number of thiazole rings is 1. The van der Waals surface area contributed by atoms with Crippen LogP contribution in [0, 0.1) is 0 Å². The summed E-state index contributed by atoms with van der Waals surface area (Å²) >= 11 is 4.74. The molecule has 2 heterocycles. The number of hydrogen-bond acceptors (Lipinski definition) is 3. The number of aromatic nitrogens is 1. The number of piperidine rings is 1. The second kappa shape index (κ2) is 4.94. The molecule has 0 spiro atoms. The zero-order valence-electron chi connectivity index (χ0n) is 8.20. The number of carbonyl (C=O) groups excluding carboxylic acids is 1. The molecule has 1 N–H and O–H groups in total. The molecule has 15 heavy (non-hydrogen) atoms. The summed E-state index contributed by atoms with van der Waals surface area (Å²) in [5.74, 6) is 0. The Morgan fingerprint density at radius 2 is 2.20 bits per heavy atom. The molecule has 0 bridgehead atoms. The van der Waals surface area contributed by atoms with E-state index in [9.17, 15) is 4.79 Å². The maximum absolute atomic E-state index is 11.7. The number of nitrogens with zero attached hydrogens (tertiary/aromatic N) is 2. The van der Waals surface area contributed by atoms with E-state index in [0.717, 1.165) is 29.7 Å². The monoisotopic (exact) mass is 289 g/mol. The molecule has 1 aliphatic rings. The van der Waals surface area contributed by atoms with E-state index in [1.807, 2.05) is 4.90 Å². The minimum atomic E-state index is -0.0310. The Balaban J connectivity index is 1.91. The smallest absolute Gasteiger partial charge is 0.323 e. The lowest BCUT2D eigenvalue weighted by atomic mass is 10.1. The summed E-state index contributed by atoms with van der Waals surface area (Å²) in [5.41, 5.74) is 0. The van der Waals surface area contributed by atoms with Crippen LogP contribution in [-0.2, 0) is 0 Å². The number of rotatable bonds is 1. The Morgan fingerprint density at radius 1 is 1.47 bits per heavy atom. The highest BCUT2D eigenvalue weighted by Crippen LogP contribution is 2.23. The molecule has 0 aliphatic carbocycles. The van der Waals surface area contributed by atoms with Crippen LogP contribution in [0.4, 0.5) is 9.93 Å². The van der Waals surface area contributed by atoms with Crippen molar-refractivity contribution in [2.24, 2.45) is 0 Å². The van der Waals surface area contributed by atoms with Crippen LogP contribution in [0.3, 0.4) is 0 Å². The minimum absolute atomic E-state index is 0.0310. The number of amides is 2. The van der Waals surface area contributed by atoms with Gasteiger partial charge in [0.05, 0.1) is 9.98 Å². The zero-order chi connectivity index (χ0) is 10.7. The van der Waals surface area contributed by atoms with Gasteiger partial charge in [0.25, 0.3) is 0 Å². The normalized spacial score (nSPS) is 16.5. The molecular weight excluding hydrogens is 278 g/mol. The molecule has 2 rings (SSSR count). The van der Waals surface area contributed by atoms with Crippen LogP contribution < -0.4 is 5.32 Å². The second-order valence-electron chi connectivity index (χ2n) is 3.45. The fraction of sp³-hybridized carbons (Fsp3) is 0.556. The maximum atomic E-state index is 11.7. The van der Waals surface area contributed by atoms with Gasteiger partial charge in [0.1, 0.15) is 0 Å². The van der Waals surface area contributed by atoms with E-state index in [0.29, 0.717) is 5.13 Å². The highest BCUT2D eigenvalue weighted by atomic mass is 79.9. The largest absolute Gasteiger partial charge is 0.324 e. The summed E-state index contributed by atoms with van der Waals surface area (Å²) in [6, 6.07) is -0.0310. The van der Waals surface area contributed by atoms with E-state index in [4.69, 9.17) is 0 Å². The molecular formula is C9H12BrN3OS. The van der Waals surface area contributed by atoms with Crippen LogP contribution in [0.5, 0.6) is 0 Å². The molecule has 0 unspecified atom stereocenters. The molecule has 0 radical (unpaired) electrons. The van der Waals surface area contributed by atoms with Crippen LogP contribution in [0.1, 0.15) is 19.3 Å². The first-order chi connectivity index (χ1) is 7.25. The number of carbonyl (C=O) groups is 1. The molecule has 82 valence electrons. The van der Waals surface area contributed by atoms with Crippen molar-refractivity contribution < 1.29 is 4.79 Å². The summed E-state index contributed by atoms with van der Waals surface area (Å²) in [4.78, 5) is 17.7. The predicted octanol–water partition coefficient (Wildman–Crippen LogP) is 2.92. The topological polar surface area (TPSA) is 45.2 Å². The van der Waals surface area contributed by atoms with E-state index in [2.05, 4.69) is 26.2 Å². The molecule has 0 atom stereocenters. The molecule has 1 aliphatic heterocycles. The highest BCUT2D eigenvalue weighted by molar-refractivity contribution is 9.11. The Kier molecular flexibility index (Phi) is 3.58. The van der Waals surface area contributed by atoms with Crippen molar-refractivity contribution in [3.63, 3.8) is 0 Å². The lowest BCUT2D eigenvalue weighted by molar-refractivity contribution is 0.200. The van der Waals surface area contributed by atoms with Gasteiger partial charge in [-0.25, -0.2) is 9.78 Å². The molecule has 0 saturated carbocycles. The lowest BCUT2D eigenvalue weighted by Gasteiger charge is -2.26. The molecule has 1 fully saturated rings. The average Bonchev–Trinajstić information content (AvgIpc) is 2.65. The summed E-state index contributed by atoms with van der Waals surface area (Å²) in [7, 11) is 0. The van der Waals surface area contributed by atoms with Crippen LogP contribution >= 0.6 is 27.3 Å². The van der Waals surface area contributed by atoms with Crippen LogP contribution in [-0.4, -0.2) is 29.0 Å². The fourth-order valence-corrected chi connectivity index (χ4v) is 2.68. The highest BCUT2D eigenvalue weighted by Gasteiger charge is 2.17.